The van der Waals surface area contributed by atoms with Gasteiger partial charge in [-0.2, -0.15) is 0 Å². The van der Waals surface area contributed by atoms with E-state index in [1.807, 2.05) is 36.1 Å². The normalized spacial score (nSPS) is 22.4. The van der Waals surface area contributed by atoms with E-state index in [2.05, 4.69) is 12.2 Å². The molecule has 1 aromatic carbocycles. The van der Waals surface area contributed by atoms with E-state index in [-0.39, 0.29) is 16.5 Å². The lowest BCUT2D eigenvalue weighted by atomic mass is 10.1. The van der Waals surface area contributed by atoms with Gasteiger partial charge in [0, 0.05) is 18.7 Å². The van der Waals surface area contributed by atoms with Gasteiger partial charge in [-0.1, -0.05) is 25.1 Å². The van der Waals surface area contributed by atoms with Crippen molar-refractivity contribution in [3.05, 3.63) is 29.8 Å². The summed E-state index contributed by atoms with van der Waals surface area (Å²) in [5, 5.41) is 3.33. The fraction of sp³-hybridized carbons (Fsp3) is 0.533. The van der Waals surface area contributed by atoms with E-state index < -0.39 is 0 Å². The van der Waals surface area contributed by atoms with Gasteiger partial charge in [-0.05, 0) is 19.5 Å². The summed E-state index contributed by atoms with van der Waals surface area (Å²) >= 11 is 1.69. The molecule has 1 fully saturated rings. The Morgan fingerprint density at radius 1 is 1.40 bits per heavy atom. The van der Waals surface area contributed by atoms with Gasteiger partial charge >= 0.3 is 0 Å². The van der Waals surface area contributed by atoms with Crippen LogP contribution in [0.3, 0.4) is 0 Å². The Balaban J connectivity index is 2.21. The Labute approximate surface area is 124 Å². The molecule has 1 aromatic rings. The number of methoxy groups -OCH3 is 1. The number of carbonyl (C=O) groups excluding carboxylic acids is 1. The van der Waals surface area contributed by atoms with Gasteiger partial charge in [0.2, 0.25) is 5.91 Å². The molecule has 1 amide bonds. The highest BCUT2D eigenvalue weighted by Gasteiger charge is 2.39. The Bertz CT molecular complexity index is 467. The molecular weight excluding hydrogens is 272 g/mol. The minimum Gasteiger partial charge on any atom is -0.496 e. The molecule has 4 nitrogen and oxygen atoms in total. The molecule has 0 radical (unpaired) electrons. The SMILES string of the molecule is CCNCCN1C(=O)[C@@H](C)S[C@H]1c1ccccc1OC. The molecule has 5 heteroatoms. The Kier molecular flexibility index (Phi) is 5.31. The van der Waals surface area contributed by atoms with Crippen molar-refractivity contribution in [3.8, 4) is 5.75 Å². The number of ether oxygens (including phenoxy) is 1. The standard InChI is InChI=1S/C15H22N2O2S/c1-4-16-9-10-17-14(18)11(2)20-15(17)12-7-5-6-8-13(12)19-3/h5-8,11,15-16H,4,9-10H2,1-3H3/t11-,15+/m1/s1. The van der Waals surface area contributed by atoms with Crippen LogP contribution in [0.5, 0.6) is 5.75 Å². The maximum atomic E-state index is 12.3. The number of hydrogen-bond donors (Lipinski definition) is 1. The second kappa shape index (κ2) is 6.99. The molecule has 1 aliphatic rings. The maximum absolute atomic E-state index is 12.3. The van der Waals surface area contributed by atoms with Crippen molar-refractivity contribution < 1.29 is 9.53 Å². The molecule has 0 spiro atoms. The molecule has 0 unspecified atom stereocenters. The van der Waals surface area contributed by atoms with Crippen LogP contribution in [-0.4, -0.2) is 42.8 Å². The fourth-order valence-corrected chi connectivity index (χ4v) is 3.73. The maximum Gasteiger partial charge on any atom is 0.236 e. The summed E-state index contributed by atoms with van der Waals surface area (Å²) in [6, 6.07) is 7.94. The van der Waals surface area contributed by atoms with Gasteiger partial charge in [0.15, 0.2) is 0 Å². The molecule has 1 saturated heterocycles. The van der Waals surface area contributed by atoms with Crippen molar-refractivity contribution >= 4 is 17.7 Å². The van der Waals surface area contributed by atoms with E-state index in [0.717, 1.165) is 30.9 Å². The molecule has 0 saturated carbocycles. The van der Waals surface area contributed by atoms with Gasteiger partial charge in [-0.15, -0.1) is 11.8 Å². The molecule has 2 rings (SSSR count). The zero-order chi connectivity index (χ0) is 14.5. The van der Waals surface area contributed by atoms with Crippen LogP contribution in [0.4, 0.5) is 0 Å². The van der Waals surface area contributed by atoms with Crippen LogP contribution in [0.15, 0.2) is 24.3 Å². The first-order chi connectivity index (χ1) is 9.69. The van der Waals surface area contributed by atoms with Crippen LogP contribution in [0.1, 0.15) is 24.8 Å². The minimum absolute atomic E-state index is 0.00605. The molecule has 0 bridgehead atoms. The van der Waals surface area contributed by atoms with Crippen LogP contribution in [-0.2, 0) is 4.79 Å². The predicted octanol–water partition coefficient (Wildman–Crippen LogP) is 2.27. The summed E-state index contributed by atoms with van der Waals surface area (Å²) in [6.45, 7) is 6.52. The average molecular weight is 294 g/mol. The molecule has 2 atom stereocenters. The summed E-state index contributed by atoms with van der Waals surface area (Å²) < 4.78 is 5.44. The van der Waals surface area contributed by atoms with Crippen molar-refractivity contribution in [1.29, 1.82) is 0 Å². The highest BCUT2D eigenvalue weighted by molar-refractivity contribution is 8.01. The first-order valence-electron chi connectivity index (χ1n) is 6.98. The van der Waals surface area contributed by atoms with E-state index in [0.29, 0.717) is 0 Å². The van der Waals surface area contributed by atoms with E-state index in [9.17, 15) is 4.79 Å². The number of para-hydroxylation sites is 1. The number of hydrogen-bond acceptors (Lipinski definition) is 4. The van der Waals surface area contributed by atoms with Gasteiger partial charge < -0.3 is 15.0 Å². The summed E-state index contributed by atoms with van der Waals surface area (Å²) in [5.74, 6) is 1.06. The van der Waals surface area contributed by atoms with Crippen LogP contribution < -0.4 is 10.1 Å². The van der Waals surface area contributed by atoms with Gasteiger partial charge in [0.1, 0.15) is 11.1 Å². The topological polar surface area (TPSA) is 41.6 Å². The molecule has 1 aliphatic heterocycles. The van der Waals surface area contributed by atoms with Crippen molar-refractivity contribution in [2.24, 2.45) is 0 Å². The number of benzene rings is 1. The van der Waals surface area contributed by atoms with Crippen LogP contribution in [0.2, 0.25) is 0 Å². The third kappa shape index (κ3) is 3.10. The van der Waals surface area contributed by atoms with Gasteiger partial charge in [-0.25, -0.2) is 0 Å². The zero-order valence-electron chi connectivity index (χ0n) is 12.3. The first-order valence-corrected chi connectivity index (χ1v) is 7.93. The second-order valence-corrected chi connectivity index (χ2v) is 6.18. The smallest absolute Gasteiger partial charge is 0.236 e. The Hall–Kier alpha value is -1.20. The second-order valence-electron chi connectivity index (χ2n) is 4.76. The lowest BCUT2D eigenvalue weighted by Crippen LogP contribution is -2.36. The number of nitrogens with one attached hydrogen (secondary N) is 1. The summed E-state index contributed by atoms with van der Waals surface area (Å²) in [5.41, 5.74) is 1.08. The molecule has 1 N–H and O–H groups in total. The Morgan fingerprint density at radius 2 is 2.15 bits per heavy atom. The highest BCUT2D eigenvalue weighted by Crippen LogP contribution is 2.45. The third-order valence-corrected chi connectivity index (χ3v) is 4.81. The molecule has 20 heavy (non-hydrogen) atoms. The van der Waals surface area contributed by atoms with Crippen molar-refractivity contribution in [3.63, 3.8) is 0 Å². The van der Waals surface area contributed by atoms with Crippen LogP contribution in [0.25, 0.3) is 0 Å². The average Bonchev–Trinajstić information content (AvgIpc) is 2.75. The summed E-state index contributed by atoms with van der Waals surface area (Å²) in [6.07, 6.45) is 0. The summed E-state index contributed by atoms with van der Waals surface area (Å²) in [7, 11) is 1.67. The van der Waals surface area contributed by atoms with Gasteiger partial charge in [-0.3, -0.25) is 4.79 Å². The monoisotopic (exact) mass is 294 g/mol. The quantitative estimate of drug-likeness (QED) is 0.817. The van der Waals surface area contributed by atoms with Gasteiger partial charge in [0.25, 0.3) is 0 Å². The minimum atomic E-state index is 0.00605. The first kappa shape index (κ1) is 15.2. The fourth-order valence-electron chi connectivity index (χ4n) is 2.39. The van der Waals surface area contributed by atoms with Crippen molar-refractivity contribution in [2.75, 3.05) is 26.7 Å². The number of rotatable bonds is 6. The van der Waals surface area contributed by atoms with Crippen LogP contribution in [0, 0.1) is 0 Å². The largest absolute Gasteiger partial charge is 0.496 e. The number of thioether (sulfide) groups is 1. The van der Waals surface area contributed by atoms with Crippen molar-refractivity contribution in [1.82, 2.24) is 10.2 Å². The van der Waals surface area contributed by atoms with Crippen molar-refractivity contribution in [2.45, 2.75) is 24.5 Å². The molecule has 1 heterocycles. The Morgan fingerprint density at radius 3 is 2.85 bits per heavy atom. The van der Waals surface area contributed by atoms with E-state index in [4.69, 9.17) is 4.74 Å². The molecular formula is C15H22N2O2S. The lowest BCUT2D eigenvalue weighted by Gasteiger charge is -2.25. The molecule has 110 valence electrons. The highest BCUT2D eigenvalue weighted by atomic mass is 32.2. The molecule has 0 aromatic heterocycles. The lowest BCUT2D eigenvalue weighted by molar-refractivity contribution is -0.129. The predicted molar refractivity (Wildman–Crippen MR) is 83.0 cm³/mol. The number of nitrogens with zero attached hydrogens (tertiary/aromatic N) is 1. The van der Waals surface area contributed by atoms with E-state index >= 15 is 0 Å². The third-order valence-electron chi connectivity index (χ3n) is 3.43. The summed E-state index contributed by atoms with van der Waals surface area (Å²) in [4.78, 5) is 14.3. The zero-order valence-corrected chi connectivity index (χ0v) is 13.1. The number of amides is 1. The van der Waals surface area contributed by atoms with E-state index in [1.54, 1.807) is 18.9 Å². The van der Waals surface area contributed by atoms with E-state index in [1.165, 1.54) is 0 Å². The van der Waals surface area contributed by atoms with Crippen LogP contribution >= 0.6 is 11.8 Å². The molecule has 0 aliphatic carbocycles. The van der Waals surface area contributed by atoms with Gasteiger partial charge in [0.05, 0.1) is 12.4 Å². The number of likely N-dealkylation sites (N-methyl/N-ethyl adjacent to an activating group) is 1. The number of carbonyl (C=O) groups is 1.